The van der Waals surface area contributed by atoms with Gasteiger partial charge >= 0.3 is 11.9 Å². The van der Waals surface area contributed by atoms with Crippen molar-refractivity contribution < 1.29 is 28.5 Å². The highest BCUT2D eigenvalue weighted by molar-refractivity contribution is 5.99. The van der Waals surface area contributed by atoms with Gasteiger partial charge in [0.25, 0.3) is 0 Å². The van der Waals surface area contributed by atoms with E-state index in [2.05, 4.69) is 0 Å². The third kappa shape index (κ3) is 1.99. The molecule has 0 unspecified atom stereocenters. The smallest absolute Gasteiger partial charge is 0.342 e. The van der Waals surface area contributed by atoms with Crippen molar-refractivity contribution in [1.29, 1.82) is 0 Å². The fraction of sp³-hybridized carbons (Fsp3) is 0.385. The predicted molar refractivity (Wildman–Crippen MR) is 64.7 cm³/mol. The van der Waals surface area contributed by atoms with E-state index >= 15 is 0 Å². The zero-order valence-electron chi connectivity index (χ0n) is 11.2. The summed E-state index contributed by atoms with van der Waals surface area (Å²) in [6.45, 7) is 3.03. The summed E-state index contributed by atoms with van der Waals surface area (Å²) in [7, 11) is 2.91. The molecule has 0 radical (unpaired) electrons. The molecular weight excluding hydrogens is 252 g/mol. The minimum absolute atomic E-state index is 0.0315. The van der Waals surface area contributed by atoms with Gasteiger partial charge in [0.05, 0.1) is 19.8 Å². The molecule has 0 bridgehead atoms. The van der Waals surface area contributed by atoms with E-state index in [9.17, 15) is 9.59 Å². The molecule has 6 heteroatoms. The van der Waals surface area contributed by atoms with Crippen LogP contribution >= 0.6 is 0 Å². The van der Waals surface area contributed by atoms with Crippen molar-refractivity contribution in [2.45, 2.75) is 20.5 Å². The Labute approximate surface area is 110 Å². The topological polar surface area (TPSA) is 71.1 Å². The van der Waals surface area contributed by atoms with Crippen LogP contribution in [-0.2, 0) is 16.1 Å². The van der Waals surface area contributed by atoms with E-state index in [1.165, 1.54) is 21.1 Å². The number of fused-ring (bicyclic) bond motifs is 1. The molecule has 0 N–H and O–H groups in total. The lowest BCUT2D eigenvalue weighted by molar-refractivity contribution is -0.132. The van der Waals surface area contributed by atoms with Gasteiger partial charge in [0.15, 0.2) is 11.5 Å². The number of rotatable bonds is 3. The molecule has 0 saturated heterocycles. The van der Waals surface area contributed by atoms with Crippen molar-refractivity contribution in [2.75, 3.05) is 14.2 Å². The number of hydrogen-bond acceptors (Lipinski definition) is 6. The van der Waals surface area contributed by atoms with E-state index in [0.717, 1.165) is 0 Å². The quantitative estimate of drug-likeness (QED) is 0.611. The number of esters is 2. The first kappa shape index (κ1) is 13.2. The molecule has 0 aromatic heterocycles. The maximum atomic E-state index is 11.8. The summed E-state index contributed by atoms with van der Waals surface area (Å²) >= 11 is 0. The van der Waals surface area contributed by atoms with Crippen molar-refractivity contribution in [3.05, 3.63) is 16.7 Å². The zero-order chi connectivity index (χ0) is 14.2. The predicted octanol–water partition coefficient (Wildman–Crippen LogP) is 1.61. The Balaban J connectivity index is 2.76. The van der Waals surface area contributed by atoms with Crippen LogP contribution < -0.4 is 14.2 Å². The van der Waals surface area contributed by atoms with Gasteiger partial charge in [-0.25, -0.2) is 4.79 Å². The van der Waals surface area contributed by atoms with E-state index < -0.39 is 11.9 Å². The third-order valence-electron chi connectivity index (χ3n) is 2.90. The average molecular weight is 266 g/mol. The summed E-state index contributed by atoms with van der Waals surface area (Å²) in [4.78, 5) is 22.9. The van der Waals surface area contributed by atoms with Crippen molar-refractivity contribution >= 4 is 11.9 Å². The van der Waals surface area contributed by atoms with Crippen molar-refractivity contribution in [2.24, 2.45) is 0 Å². The Kier molecular flexibility index (Phi) is 3.33. The Hall–Kier alpha value is -2.24. The van der Waals surface area contributed by atoms with Gasteiger partial charge in [-0.05, 0) is 6.92 Å². The first-order valence-corrected chi connectivity index (χ1v) is 5.64. The second-order valence-corrected chi connectivity index (χ2v) is 4.04. The van der Waals surface area contributed by atoms with E-state index in [0.29, 0.717) is 22.6 Å². The second kappa shape index (κ2) is 4.79. The normalized spacial score (nSPS) is 12.7. The van der Waals surface area contributed by atoms with Gasteiger partial charge in [-0.1, -0.05) is 0 Å². The van der Waals surface area contributed by atoms with Gasteiger partial charge in [-0.2, -0.15) is 0 Å². The number of carbonyl (C=O) groups is 2. The lowest BCUT2D eigenvalue weighted by atomic mass is 10.0. The van der Waals surface area contributed by atoms with Gasteiger partial charge in [0.1, 0.15) is 17.9 Å². The number of hydrogen-bond donors (Lipinski definition) is 0. The van der Waals surface area contributed by atoms with Crippen molar-refractivity contribution in [1.82, 2.24) is 0 Å². The fourth-order valence-corrected chi connectivity index (χ4v) is 2.16. The number of ether oxygens (including phenoxy) is 4. The van der Waals surface area contributed by atoms with E-state index in [-0.39, 0.29) is 17.9 Å². The standard InChI is InChI=1S/C13H14O6/c1-6-10(16-3)9-8(5-18-13(9)15)12(11(6)17-4)19-7(2)14/h5H2,1-4H3. The SMILES string of the molecule is COc1c(C)c(OC)c2c(c1OC(C)=O)COC2=O. The average Bonchev–Trinajstić information content (AvgIpc) is 2.72. The first-order chi connectivity index (χ1) is 9.01. The van der Waals surface area contributed by atoms with Gasteiger partial charge < -0.3 is 18.9 Å². The highest BCUT2D eigenvalue weighted by atomic mass is 16.6. The van der Waals surface area contributed by atoms with Crippen LogP contribution in [0.15, 0.2) is 0 Å². The first-order valence-electron chi connectivity index (χ1n) is 5.64. The lowest BCUT2D eigenvalue weighted by Crippen LogP contribution is -2.09. The summed E-state index contributed by atoms with van der Waals surface area (Å²) in [5, 5.41) is 0. The third-order valence-corrected chi connectivity index (χ3v) is 2.90. The maximum absolute atomic E-state index is 11.8. The zero-order valence-corrected chi connectivity index (χ0v) is 11.2. The molecule has 0 saturated carbocycles. The summed E-state index contributed by atoms with van der Waals surface area (Å²) in [5.41, 5.74) is 1.34. The van der Waals surface area contributed by atoms with Crippen molar-refractivity contribution in [3.8, 4) is 17.2 Å². The summed E-state index contributed by atoms with van der Waals surface area (Å²) in [6, 6.07) is 0. The minimum Gasteiger partial charge on any atom is -0.495 e. The Morgan fingerprint density at radius 2 is 1.79 bits per heavy atom. The molecule has 1 aliphatic heterocycles. The minimum atomic E-state index is -0.496. The van der Waals surface area contributed by atoms with Crippen LogP contribution in [0.5, 0.6) is 17.2 Å². The molecule has 6 nitrogen and oxygen atoms in total. The molecule has 102 valence electrons. The molecule has 0 aliphatic carbocycles. The van der Waals surface area contributed by atoms with Gasteiger partial charge in [-0.15, -0.1) is 0 Å². The van der Waals surface area contributed by atoms with Gasteiger partial charge in [0.2, 0.25) is 0 Å². The Morgan fingerprint density at radius 1 is 1.16 bits per heavy atom. The number of cyclic esters (lactones) is 1. The number of benzene rings is 1. The van der Waals surface area contributed by atoms with Crippen LogP contribution in [0.4, 0.5) is 0 Å². The molecule has 2 rings (SSSR count). The molecule has 0 spiro atoms. The molecule has 1 aliphatic rings. The van der Waals surface area contributed by atoms with Gasteiger partial charge in [0, 0.05) is 12.5 Å². The van der Waals surface area contributed by atoms with Gasteiger partial charge in [-0.3, -0.25) is 4.79 Å². The van der Waals surface area contributed by atoms with Crippen LogP contribution in [0.25, 0.3) is 0 Å². The highest BCUT2D eigenvalue weighted by Gasteiger charge is 2.34. The van der Waals surface area contributed by atoms with Crippen LogP contribution in [-0.4, -0.2) is 26.2 Å². The fourth-order valence-electron chi connectivity index (χ4n) is 2.16. The monoisotopic (exact) mass is 266 g/mol. The molecule has 0 atom stereocenters. The van der Waals surface area contributed by atoms with Crippen LogP contribution in [0.2, 0.25) is 0 Å². The van der Waals surface area contributed by atoms with Crippen LogP contribution in [0.1, 0.15) is 28.4 Å². The van der Waals surface area contributed by atoms with E-state index in [1.54, 1.807) is 6.92 Å². The van der Waals surface area contributed by atoms with Crippen LogP contribution in [0.3, 0.4) is 0 Å². The highest BCUT2D eigenvalue weighted by Crippen LogP contribution is 2.46. The Morgan fingerprint density at radius 3 is 2.32 bits per heavy atom. The molecule has 0 fully saturated rings. The second-order valence-electron chi connectivity index (χ2n) is 4.04. The summed E-state index contributed by atoms with van der Waals surface area (Å²) in [5.74, 6) is -0.0288. The Bertz CT molecular complexity index is 561. The summed E-state index contributed by atoms with van der Waals surface area (Å²) < 4.78 is 20.6. The van der Waals surface area contributed by atoms with Crippen LogP contribution in [0, 0.1) is 6.92 Å². The lowest BCUT2D eigenvalue weighted by Gasteiger charge is -2.17. The molecule has 19 heavy (non-hydrogen) atoms. The molecule has 1 aromatic carbocycles. The number of carbonyl (C=O) groups excluding carboxylic acids is 2. The number of methoxy groups -OCH3 is 2. The van der Waals surface area contributed by atoms with E-state index in [4.69, 9.17) is 18.9 Å². The van der Waals surface area contributed by atoms with E-state index in [1.807, 2.05) is 0 Å². The molecule has 1 aromatic rings. The molecule has 1 heterocycles. The molecule has 0 amide bonds. The molecular formula is C13H14O6. The van der Waals surface area contributed by atoms with Crippen molar-refractivity contribution in [3.63, 3.8) is 0 Å². The largest absolute Gasteiger partial charge is 0.495 e. The maximum Gasteiger partial charge on any atom is 0.342 e. The summed E-state index contributed by atoms with van der Waals surface area (Å²) in [6.07, 6.45) is 0.